The summed E-state index contributed by atoms with van der Waals surface area (Å²) >= 11 is 5.74. The van der Waals surface area contributed by atoms with Gasteiger partial charge in [-0.2, -0.15) is 0 Å². The van der Waals surface area contributed by atoms with Crippen LogP contribution in [0.1, 0.15) is 12.8 Å². The second kappa shape index (κ2) is 6.02. The van der Waals surface area contributed by atoms with Crippen molar-refractivity contribution in [3.8, 4) is 0 Å². The first-order valence-electron chi connectivity index (χ1n) is 6.04. The summed E-state index contributed by atoms with van der Waals surface area (Å²) in [5.41, 5.74) is 0. The van der Waals surface area contributed by atoms with Crippen molar-refractivity contribution in [3.05, 3.63) is 29.3 Å². The molecule has 100 valence electrons. The molecule has 4 nitrogen and oxygen atoms in total. The van der Waals surface area contributed by atoms with E-state index in [4.69, 9.17) is 11.6 Å². The van der Waals surface area contributed by atoms with Gasteiger partial charge in [0.15, 0.2) is 0 Å². The van der Waals surface area contributed by atoms with E-state index in [0.717, 1.165) is 25.9 Å². The van der Waals surface area contributed by atoms with Crippen molar-refractivity contribution < 1.29 is 8.42 Å². The third-order valence-corrected chi connectivity index (χ3v) is 4.84. The molecular weight excluding hydrogens is 272 g/mol. The number of hydrogen-bond acceptors (Lipinski definition) is 3. The van der Waals surface area contributed by atoms with E-state index in [1.807, 2.05) is 0 Å². The maximum atomic E-state index is 12.0. The minimum Gasteiger partial charge on any atom is -0.317 e. The number of nitrogens with one attached hydrogen (secondary N) is 2. The summed E-state index contributed by atoms with van der Waals surface area (Å²) in [6.45, 7) is 2.44. The Balaban J connectivity index is 1.96. The lowest BCUT2D eigenvalue weighted by molar-refractivity contribution is 0.372. The van der Waals surface area contributed by atoms with Crippen molar-refractivity contribution in [2.75, 3.05) is 19.6 Å². The zero-order chi connectivity index (χ0) is 13.0. The molecule has 6 heteroatoms. The van der Waals surface area contributed by atoms with Crippen LogP contribution in [0.2, 0.25) is 5.02 Å². The van der Waals surface area contributed by atoms with Crippen molar-refractivity contribution in [2.45, 2.75) is 17.7 Å². The largest absolute Gasteiger partial charge is 0.317 e. The van der Waals surface area contributed by atoms with Crippen molar-refractivity contribution >= 4 is 21.6 Å². The maximum absolute atomic E-state index is 12.0. The fourth-order valence-electron chi connectivity index (χ4n) is 2.01. The molecule has 0 aliphatic carbocycles. The fraction of sp³-hybridized carbons (Fsp3) is 0.500. The van der Waals surface area contributed by atoms with Gasteiger partial charge in [0.2, 0.25) is 10.0 Å². The van der Waals surface area contributed by atoms with Crippen LogP contribution in [0.5, 0.6) is 0 Å². The van der Waals surface area contributed by atoms with E-state index in [0.29, 0.717) is 17.5 Å². The Morgan fingerprint density at radius 1 is 1.22 bits per heavy atom. The normalized spacial score (nSPS) is 17.8. The Morgan fingerprint density at radius 3 is 2.44 bits per heavy atom. The number of piperidine rings is 1. The molecule has 1 aliphatic rings. The quantitative estimate of drug-likeness (QED) is 0.885. The Bertz CT molecular complexity index is 481. The Morgan fingerprint density at radius 2 is 1.83 bits per heavy atom. The van der Waals surface area contributed by atoms with Gasteiger partial charge in [-0.1, -0.05) is 11.6 Å². The van der Waals surface area contributed by atoms with Crippen LogP contribution in [0.3, 0.4) is 0 Å². The van der Waals surface area contributed by atoms with Gasteiger partial charge in [-0.05, 0) is 56.1 Å². The van der Waals surface area contributed by atoms with E-state index in [2.05, 4.69) is 10.0 Å². The molecule has 1 saturated heterocycles. The lowest BCUT2D eigenvalue weighted by atomic mass is 9.99. The monoisotopic (exact) mass is 288 g/mol. The first-order chi connectivity index (χ1) is 8.58. The molecule has 0 saturated carbocycles. The summed E-state index contributed by atoms with van der Waals surface area (Å²) in [5, 5.41) is 3.79. The molecular formula is C12H17ClN2O2S. The van der Waals surface area contributed by atoms with Gasteiger partial charge in [0.25, 0.3) is 0 Å². The van der Waals surface area contributed by atoms with Gasteiger partial charge < -0.3 is 5.32 Å². The maximum Gasteiger partial charge on any atom is 0.240 e. The molecule has 1 fully saturated rings. The van der Waals surface area contributed by atoms with E-state index in [1.54, 1.807) is 12.1 Å². The van der Waals surface area contributed by atoms with Crippen LogP contribution in [0.25, 0.3) is 0 Å². The van der Waals surface area contributed by atoms with Crippen molar-refractivity contribution in [1.82, 2.24) is 10.0 Å². The summed E-state index contributed by atoms with van der Waals surface area (Å²) in [4.78, 5) is 0.265. The molecule has 1 aromatic carbocycles. The SMILES string of the molecule is O=S(=O)(NCC1CCNCC1)c1ccc(Cl)cc1. The third-order valence-electron chi connectivity index (χ3n) is 3.14. The number of sulfonamides is 1. The van der Waals surface area contributed by atoms with E-state index in [9.17, 15) is 8.42 Å². The number of benzene rings is 1. The summed E-state index contributed by atoms with van der Waals surface area (Å²) in [5.74, 6) is 0.424. The predicted octanol–water partition coefficient (Wildman–Crippen LogP) is 1.62. The topological polar surface area (TPSA) is 58.2 Å². The molecule has 2 rings (SSSR count). The molecule has 1 aliphatic heterocycles. The molecule has 0 radical (unpaired) electrons. The van der Waals surface area contributed by atoms with Gasteiger partial charge in [-0.25, -0.2) is 13.1 Å². The first-order valence-corrected chi connectivity index (χ1v) is 7.90. The van der Waals surface area contributed by atoms with Gasteiger partial charge in [0, 0.05) is 11.6 Å². The zero-order valence-corrected chi connectivity index (χ0v) is 11.6. The Labute approximate surface area is 113 Å². The van der Waals surface area contributed by atoms with E-state index in [1.165, 1.54) is 12.1 Å². The lowest BCUT2D eigenvalue weighted by Gasteiger charge is -2.22. The summed E-state index contributed by atoms with van der Waals surface area (Å²) in [7, 11) is -3.41. The summed E-state index contributed by atoms with van der Waals surface area (Å²) in [6, 6.07) is 6.21. The highest BCUT2D eigenvalue weighted by molar-refractivity contribution is 7.89. The molecule has 0 bridgehead atoms. The molecule has 0 spiro atoms. The fourth-order valence-corrected chi connectivity index (χ4v) is 3.25. The van der Waals surface area contributed by atoms with Gasteiger partial charge in [-0.15, -0.1) is 0 Å². The van der Waals surface area contributed by atoms with Crippen LogP contribution in [0.4, 0.5) is 0 Å². The van der Waals surface area contributed by atoms with Crippen LogP contribution in [-0.4, -0.2) is 28.1 Å². The Hall–Kier alpha value is -0.620. The van der Waals surface area contributed by atoms with Crippen molar-refractivity contribution in [1.29, 1.82) is 0 Å². The van der Waals surface area contributed by atoms with Gasteiger partial charge in [0.05, 0.1) is 4.90 Å². The molecule has 0 atom stereocenters. The molecule has 1 aromatic rings. The molecule has 2 N–H and O–H groups in total. The van der Waals surface area contributed by atoms with Crippen LogP contribution < -0.4 is 10.0 Å². The second-order valence-corrected chi connectivity index (χ2v) is 6.70. The molecule has 0 unspecified atom stereocenters. The van der Waals surface area contributed by atoms with Crippen molar-refractivity contribution in [2.24, 2.45) is 5.92 Å². The second-order valence-electron chi connectivity index (χ2n) is 4.50. The van der Waals surface area contributed by atoms with E-state index < -0.39 is 10.0 Å². The third kappa shape index (κ3) is 3.68. The lowest BCUT2D eigenvalue weighted by Crippen LogP contribution is -2.35. The number of rotatable bonds is 4. The molecule has 0 amide bonds. The molecule has 0 aromatic heterocycles. The van der Waals surface area contributed by atoms with Gasteiger partial charge in [0.1, 0.15) is 0 Å². The molecule has 1 heterocycles. The zero-order valence-electron chi connectivity index (χ0n) is 10.0. The Kier molecular flexibility index (Phi) is 4.61. The highest BCUT2D eigenvalue weighted by Crippen LogP contribution is 2.15. The minimum atomic E-state index is -3.41. The highest BCUT2D eigenvalue weighted by Gasteiger charge is 2.18. The minimum absolute atomic E-state index is 0.265. The van der Waals surface area contributed by atoms with Gasteiger partial charge in [-0.3, -0.25) is 0 Å². The smallest absolute Gasteiger partial charge is 0.240 e. The average Bonchev–Trinajstić information content (AvgIpc) is 2.38. The standard InChI is InChI=1S/C12H17ClN2O2S/c13-11-1-3-12(4-2-11)18(16,17)15-9-10-5-7-14-8-6-10/h1-4,10,14-15H,5-9H2. The van der Waals surface area contributed by atoms with E-state index >= 15 is 0 Å². The summed E-state index contributed by atoms with van der Waals surface area (Å²) < 4.78 is 26.7. The summed E-state index contributed by atoms with van der Waals surface area (Å²) in [6.07, 6.45) is 2.03. The van der Waals surface area contributed by atoms with Crippen LogP contribution in [0.15, 0.2) is 29.2 Å². The number of halogens is 1. The number of hydrogen-bond donors (Lipinski definition) is 2. The molecule has 18 heavy (non-hydrogen) atoms. The van der Waals surface area contributed by atoms with Crippen LogP contribution in [-0.2, 0) is 10.0 Å². The van der Waals surface area contributed by atoms with E-state index in [-0.39, 0.29) is 4.90 Å². The van der Waals surface area contributed by atoms with Crippen molar-refractivity contribution in [3.63, 3.8) is 0 Å². The predicted molar refractivity (Wildman–Crippen MR) is 72.2 cm³/mol. The first kappa shape index (κ1) is 13.8. The highest BCUT2D eigenvalue weighted by atomic mass is 35.5. The van der Waals surface area contributed by atoms with Crippen LogP contribution in [0, 0.1) is 5.92 Å². The van der Waals surface area contributed by atoms with Crippen LogP contribution >= 0.6 is 11.6 Å². The average molecular weight is 289 g/mol. The van der Waals surface area contributed by atoms with Gasteiger partial charge >= 0.3 is 0 Å².